The van der Waals surface area contributed by atoms with Crippen LogP contribution >= 0.6 is 0 Å². The lowest BCUT2D eigenvalue weighted by Crippen LogP contribution is -2.28. The van der Waals surface area contributed by atoms with Gasteiger partial charge >= 0.3 is 0 Å². The van der Waals surface area contributed by atoms with Gasteiger partial charge in [0.05, 0.1) is 19.5 Å². The van der Waals surface area contributed by atoms with Gasteiger partial charge in [0.1, 0.15) is 5.37 Å². The smallest absolute Gasteiger partial charge is 0.169 e. The number of sulfone groups is 1. The van der Waals surface area contributed by atoms with E-state index in [-0.39, 0.29) is 5.75 Å². The molecule has 2 N–H and O–H groups in total. The molecule has 0 fully saturated rings. The zero-order chi connectivity index (χ0) is 13.8. The van der Waals surface area contributed by atoms with Gasteiger partial charge in [0, 0.05) is 0 Å². The first-order valence-electron chi connectivity index (χ1n) is 5.67. The van der Waals surface area contributed by atoms with Crippen LogP contribution in [0.4, 0.5) is 0 Å². The molecule has 0 saturated heterocycles. The largest absolute Gasteiger partial charge is 0.493 e. The lowest BCUT2D eigenvalue weighted by molar-refractivity contribution is 0.310. The molecule has 1 aromatic carbocycles. The lowest BCUT2D eigenvalue weighted by Gasteiger charge is -2.12. The molecule has 5 nitrogen and oxygen atoms in total. The Labute approximate surface area is 108 Å². The average molecular weight is 273 g/mol. The van der Waals surface area contributed by atoms with Crippen molar-refractivity contribution in [1.29, 1.82) is 0 Å². The minimum atomic E-state index is -3.32. The molecule has 0 radical (unpaired) electrons. The molecule has 0 saturated carbocycles. The number of benzene rings is 1. The zero-order valence-corrected chi connectivity index (χ0v) is 11.7. The van der Waals surface area contributed by atoms with Crippen LogP contribution in [0.25, 0.3) is 0 Å². The molecule has 0 aliphatic rings. The summed E-state index contributed by atoms with van der Waals surface area (Å²) in [6, 6.07) is 5.06. The first-order chi connectivity index (χ1) is 8.40. The van der Waals surface area contributed by atoms with Gasteiger partial charge in [0.15, 0.2) is 21.3 Å². The van der Waals surface area contributed by atoms with Gasteiger partial charge < -0.3 is 15.2 Å². The molecule has 1 aromatic rings. The van der Waals surface area contributed by atoms with E-state index in [1.807, 2.05) is 6.92 Å². The van der Waals surface area contributed by atoms with E-state index in [2.05, 4.69) is 0 Å². The number of hydrogen-bond acceptors (Lipinski definition) is 5. The summed E-state index contributed by atoms with van der Waals surface area (Å²) in [5.41, 5.74) is 6.06. The van der Waals surface area contributed by atoms with Crippen molar-refractivity contribution < 1.29 is 17.9 Å². The molecule has 18 heavy (non-hydrogen) atoms. The fraction of sp³-hybridized carbons (Fsp3) is 0.500. The maximum Gasteiger partial charge on any atom is 0.169 e. The van der Waals surface area contributed by atoms with Crippen LogP contribution in [0.1, 0.15) is 19.4 Å². The monoisotopic (exact) mass is 273 g/mol. The summed E-state index contributed by atoms with van der Waals surface area (Å²) in [4.78, 5) is 0. The van der Waals surface area contributed by atoms with Gasteiger partial charge in [0.2, 0.25) is 0 Å². The van der Waals surface area contributed by atoms with Crippen molar-refractivity contribution in [3.05, 3.63) is 23.8 Å². The quantitative estimate of drug-likeness (QED) is 0.845. The van der Waals surface area contributed by atoms with E-state index in [1.165, 1.54) is 14.0 Å². The molecule has 0 aliphatic carbocycles. The molecule has 1 rings (SSSR count). The minimum absolute atomic E-state index is 0.102. The number of hydrogen-bond donors (Lipinski definition) is 1. The molecular formula is C12H19NO4S. The lowest BCUT2D eigenvalue weighted by atomic mass is 10.2. The second-order valence-electron chi connectivity index (χ2n) is 3.93. The molecular weight excluding hydrogens is 254 g/mol. The van der Waals surface area contributed by atoms with E-state index in [1.54, 1.807) is 18.2 Å². The standard InChI is InChI=1S/C12H19NO4S/c1-4-17-12-7-10(5-6-11(12)16-3)8-18(14,15)9(2)13/h5-7,9H,4,8,13H2,1-3H3. The van der Waals surface area contributed by atoms with E-state index in [0.29, 0.717) is 23.7 Å². The van der Waals surface area contributed by atoms with E-state index in [9.17, 15) is 8.42 Å². The fourth-order valence-electron chi connectivity index (χ4n) is 1.44. The molecule has 1 atom stereocenters. The van der Waals surface area contributed by atoms with Gasteiger partial charge in [-0.05, 0) is 31.5 Å². The van der Waals surface area contributed by atoms with Crippen LogP contribution in [0.2, 0.25) is 0 Å². The summed E-state index contributed by atoms with van der Waals surface area (Å²) in [7, 11) is -1.78. The highest BCUT2D eigenvalue weighted by Gasteiger charge is 2.18. The maximum atomic E-state index is 11.7. The second kappa shape index (κ2) is 6.06. The zero-order valence-electron chi connectivity index (χ0n) is 10.8. The molecule has 102 valence electrons. The van der Waals surface area contributed by atoms with Gasteiger partial charge in [-0.2, -0.15) is 0 Å². The SMILES string of the molecule is CCOc1cc(CS(=O)(=O)C(C)N)ccc1OC. The van der Waals surface area contributed by atoms with Crippen molar-refractivity contribution in [3.8, 4) is 11.5 Å². The van der Waals surface area contributed by atoms with Crippen molar-refractivity contribution in [2.45, 2.75) is 25.0 Å². The molecule has 0 bridgehead atoms. The van der Waals surface area contributed by atoms with Crippen LogP contribution in [0.15, 0.2) is 18.2 Å². The Morgan fingerprint density at radius 1 is 1.33 bits per heavy atom. The Morgan fingerprint density at radius 2 is 2.00 bits per heavy atom. The van der Waals surface area contributed by atoms with Gasteiger partial charge in [-0.15, -0.1) is 0 Å². The highest BCUT2D eigenvalue weighted by Crippen LogP contribution is 2.28. The highest BCUT2D eigenvalue weighted by molar-refractivity contribution is 7.91. The van der Waals surface area contributed by atoms with E-state index < -0.39 is 15.2 Å². The Morgan fingerprint density at radius 3 is 2.50 bits per heavy atom. The van der Waals surface area contributed by atoms with Crippen molar-refractivity contribution >= 4 is 9.84 Å². The third-order valence-electron chi connectivity index (χ3n) is 2.46. The van der Waals surface area contributed by atoms with Crippen molar-refractivity contribution in [3.63, 3.8) is 0 Å². The van der Waals surface area contributed by atoms with E-state index in [4.69, 9.17) is 15.2 Å². The number of nitrogens with two attached hydrogens (primary N) is 1. The Hall–Kier alpha value is -1.27. The average Bonchev–Trinajstić information content (AvgIpc) is 2.29. The first-order valence-corrected chi connectivity index (χ1v) is 7.39. The molecule has 0 heterocycles. The molecule has 0 amide bonds. The summed E-state index contributed by atoms with van der Waals surface area (Å²) in [6.45, 7) is 3.80. The van der Waals surface area contributed by atoms with Gasteiger partial charge in [-0.1, -0.05) is 6.07 Å². The third-order valence-corrected chi connectivity index (χ3v) is 4.33. The van der Waals surface area contributed by atoms with Crippen LogP contribution in [-0.2, 0) is 15.6 Å². The number of methoxy groups -OCH3 is 1. The summed E-state index contributed by atoms with van der Waals surface area (Å²) < 4.78 is 34.0. The predicted molar refractivity (Wildman–Crippen MR) is 70.4 cm³/mol. The maximum absolute atomic E-state index is 11.7. The minimum Gasteiger partial charge on any atom is -0.493 e. The first kappa shape index (κ1) is 14.8. The van der Waals surface area contributed by atoms with Crippen LogP contribution in [0.5, 0.6) is 11.5 Å². The Kier molecular flexibility index (Phi) is 4.98. The van der Waals surface area contributed by atoms with Crippen LogP contribution in [0.3, 0.4) is 0 Å². The molecule has 0 aromatic heterocycles. The van der Waals surface area contributed by atoms with E-state index >= 15 is 0 Å². The van der Waals surface area contributed by atoms with Crippen LogP contribution in [0, 0.1) is 0 Å². The molecule has 0 spiro atoms. The second-order valence-corrected chi connectivity index (χ2v) is 6.29. The predicted octanol–water partition coefficient (Wildman–Crippen LogP) is 1.31. The molecule has 6 heteroatoms. The van der Waals surface area contributed by atoms with Crippen molar-refractivity contribution in [2.24, 2.45) is 5.73 Å². The van der Waals surface area contributed by atoms with Crippen LogP contribution in [-0.4, -0.2) is 27.5 Å². The summed E-state index contributed by atoms with van der Waals surface area (Å²) in [5, 5.41) is -0.879. The number of rotatable bonds is 6. The molecule has 1 unspecified atom stereocenters. The number of ether oxygens (including phenoxy) is 2. The normalized spacial score (nSPS) is 13.1. The topological polar surface area (TPSA) is 78.6 Å². The van der Waals surface area contributed by atoms with Gasteiger partial charge in [-0.25, -0.2) is 8.42 Å². The molecule has 0 aliphatic heterocycles. The highest BCUT2D eigenvalue weighted by atomic mass is 32.2. The van der Waals surface area contributed by atoms with Crippen molar-refractivity contribution in [1.82, 2.24) is 0 Å². The van der Waals surface area contributed by atoms with Gasteiger partial charge in [-0.3, -0.25) is 0 Å². The summed E-state index contributed by atoms with van der Waals surface area (Å²) in [5.74, 6) is 1.02. The summed E-state index contributed by atoms with van der Waals surface area (Å²) >= 11 is 0. The van der Waals surface area contributed by atoms with Crippen LogP contribution < -0.4 is 15.2 Å². The van der Waals surface area contributed by atoms with E-state index in [0.717, 1.165) is 0 Å². The van der Waals surface area contributed by atoms with Gasteiger partial charge in [0.25, 0.3) is 0 Å². The van der Waals surface area contributed by atoms with Crippen molar-refractivity contribution in [2.75, 3.05) is 13.7 Å². The fourth-order valence-corrected chi connectivity index (χ4v) is 2.35. The third kappa shape index (κ3) is 3.61. The Balaban J connectivity index is 3.02. The Bertz CT molecular complexity index is 497. The summed E-state index contributed by atoms with van der Waals surface area (Å²) in [6.07, 6.45) is 0.